The quantitative estimate of drug-likeness (QED) is 0.676. The molecule has 5 heteroatoms. The van der Waals surface area contributed by atoms with Crippen molar-refractivity contribution >= 4 is 6.09 Å². The summed E-state index contributed by atoms with van der Waals surface area (Å²) in [7, 11) is 0. The number of nitrogens with one attached hydrogen (secondary N) is 1. The van der Waals surface area contributed by atoms with E-state index >= 15 is 0 Å². The highest BCUT2D eigenvalue weighted by molar-refractivity contribution is 5.67. The molecule has 1 saturated heterocycles. The molecule has 1 amide bonds. The van der Waals surface area contributed by atoms with Crippen molar-refractivity contribution in [3.8, 4) is 0 Å². The molecule has 1 rings (SSSR count). The highest BCUT2D eigenvalue weighted by atomic mass is 16.6. The van der Waals surface area contributed by atoms with E-state index in [4.69, 9.17) is 9.84 Å². The molecule has 1 aliphatic heterocycles. The summed E-state index contributed by atoms with van der Waals surface area (Å²) in [6, 6.07) is 0.302. The van der Waals surface area contributed by atoms with E-state index in [9.17, 15) is 4.79 Å². The Morgan fingerprint density at radius 1 is 1.60 bits per heavy atom. The van der Waals surface area contributed by atoms with Crippen molar-refractivity contribution in [2.45, 2.75) is 39.0 Å². The van der Waals surface area contributed by atoms with Crippen LogP contribution in [0.2, 0.25) is 0 Å². The SMILES string of the molecule is CCOC(=O)N1CCC(NC(C)O)CC1. The monoisotopic (exact) mass is 216 g/mol. The molecule has 0 aromatic heterocycles. The number of hydrogen-bond donors (Lipinski definition) is 2. The van der Waals surface area contributed by atoms with E-state index in [0.29, 0.717) is 25.7 Å². The van der Waals surface area contributed by atoms with Crippen molar-refractivity contribution in [2.24, 2.45) is 0 Å². The lowest BCUT2D eigenvalue weighted by Crippen LogP contribution is -2.47. The van der Waals surface area contributed by atoms with Gasteiger partial charge in [0.05, 0.1) is 6.61 Å². The van der Waals surface area contributed by atoms with Crippen molar-refractivity contribution in [2.75, 3.05) is 19.7 Å². The van der Waals surface area contributed by atoms with Gasteiger partial charge in [-0.15, -0.1) is 0 Å². The second kappa shape index (κ2) is 5.92. The van der Waals surface area contributed by atoms with Crippen LogP contribution in [0.1, 0.15) is 26.7 Å². The number of likely N-dealkylation sites (tertiary alicyclic amines) is 1. The number of hydrogen-bond acceptors (Lipinski definition) is 4. The van der Waals surface area contributed by atoms with Gasteiger partial charge in [-0.25, -0.2) is 4.79 Å². The lowest BCUT2D eigenvalue weighted by molar-refractivity contribution is 0.0836. The molecule has 0 spiro atoms. The number of carbonyl (C=O) groups excluding carboxylic acids is 1. The van der Waals surface area contributed by atoms with Crippen LogP contribution in [-0.2, 0) is 4.74 Å². The van der Waals surface area contributed by atoms with E-state index in [0.717, 1.165) is 12.8 Å². The van der Waals surface area contributed by atoms with Gasteiger partial charge in [-0.3, -0.25) is 5.32 Å². The Kier molecular flexibility index (Phi) is 4.84. The molecule has 1 heterocycles. The summed E-state index contributed by atoms with van der Waals surface area (Å²) < 4.78 is 4.91. The Labute approximate surface area is 90.4 Å². The van der Waals surface area contributed by atoms with Crippen LogP contribution in [0.5, 0.6) is 0 Å². The maximum absolute atomic E-state index is 11.4. The fourth-order valence-corrected chi connectivity index (χ4v) is 1.78. The van der Waals surface area contributed by atoms with Gasteiger partial charge >= 0.3 is 6.09 Å². The smallest absolute Gasteiger partial charge is 0.409 e. The molecule has 0 aliphatic carbocycles. The molecule has 15 heavy (non-hydrogen) atoms. The number of piperidine rings is 1. The molecule has 0 bridgehead atoms. The fourth-order valence-electron chi connectivity index (χ4n) is 1.78. The second-order valence-electron chi connectivity index (χ2n) is 3.80. The highest BCUT2D eigenvalue weighted by Gasteiger charge is 2.23. The Bertz CT molecular complexity index is 201. The van der Waals surface area contributed by atoms with Crippen LogP contribution in [0.25, 0.3) is 0 Å². The summed E-state index contributed by atoms with van der Waals surface area (Å²) >= 11 is 0. The molecular weight excluding hydrogens is 196 g/mol. The molecule has 2 N–H and O–H groups in total. The lowest BCUT2D eigenvalue weighted by atomic mass is 10.1. The normalized spacial score (nSPS) is 20.1. The van der Waals surface area contributed by atoms with Crippen LogP contribution in [-0.4, -0.2) is 48.1 Å². The first-order valence-electron chi connectivity index (χ1n) is 5.49. The van der Waals surface area contributed by atoms with Crippen molar-refractivity contribution in [3.05, 3.63) is 0 Å². The molecule has 0 aromatic rings. The largest absolute Gasteiger partial charge is 0.450 e. The number of amides is 1. The zero-order valence-electron chi connectivity index (χ0n) is 9.40. The van der Waals surface area contributed by atoms with Gasteiger partial charge in [0, 0.05) is 19.1 Å². The summed E-state index contributed by atoms with van der Waals surface area (Å²) in [4.78, 5) is 13.1. The summed E-state index contributed by atoms with van der Waals surface area (Å²) in [6.45, 7) is 5.33. The molecule has 1 atom stereocenters. The summed E-state index contributed by atoms with van der Waals surface area (Å²) in [5.74, 6) is 0. The first-order valence-corrected chi connectivity index (χ1v) is 5.49. The third-order valence-electron chi connectivity index (χ3n) is 2.50. The summed E-state index contributed by atoms with van der Waals surface area (Å²) in [6.07, 6.45) is 1.02. The van der Waals surface area contributed by atoms with Gasteiger partial charge in [0.25, 0.3) is 0 Å². The average molecular weight is 216 g/mol. The zero-order valence-corrected chi connectivity index (χ0v) is 9.40. The molecule has 1 unspecified atom stereocenters. The molecular formula is C10H20N2O3. The first-order chi connectivity index (χ1) is 7.13. The number of rotatable bonds is 3. The molecule has 88 valence electrons. The molecule has 0 aromatic carbocycles. The minimum atomic E-state index is -0.482. The van der Waals surface area contributed by atoms with Crippen LogP contribution in [0.3, 0.4) is 0 Å². The third kappa shape index (κ3) is 4.05. The van der Waals surface area contributed by atoms with E-state index < -0.39 is 6.23 Å². The van der Waals surface area contributed by atoms with Gasteiger partial charge in [0.2, 0.25) is 0 Å². The van der Waals surface area contributed by atoms with Crippen molar-refractivity contribution in [1.29, 1.82) is 0 Å². The number of nitrogens with zero attached hydrogens (tertiary/aromatic N) is 1. The molecule has 1 fully saturated rings. The van der Waals surface area contributed by atoms with E-state index in [1.807, 2.05) is 0 Å². The van der Waals surface area contributed by atoms with Gasteiger partial charge in [-0.2, -0.15) is 0 Å². The van der Waals surface area contributed by atoms with Gasteiger partial charge in [0.1, 0.15) is 6.23 Å². The van der Waals surface area contributed by atoms with Crippen LogP contribution >= 0.6 is 0 Å². The fraction of sp³-hybridized carbons (Fsp3) is 0.900. The maximum Gasteiger partial charge on any atom is 0.409 e. The zero-order chi connectivity index (χ0) is 11.3. The average Bonchev–Trinajstić information content (AvgIpc) is 2.18. The van der Waals surface area contributed by atoms with Gasteiger partial charge in [0.15, 0.2) is 0 Å². The van der Waals surface area contributed by atoms with E-state index in [2.05, 4.69) is 5.32 Å². The van der Waals surface area contributed by atoms with Gasteiger partial charge in [-0.1, -0.05) is 0 Å². The van der Waals surface area contributed by atoms with Crippen LogP contribution in [0.15, 0.2) is 0 Å². The van der Waals surface area contributed by atoms with Crippen LogP contribution in [0.4, 0.5) is 4.79 Å². The van der Waals surface area contributed by atoms with E-state index in [1.54, 1.807) is 18.7 Å². The maximum atomic E-state index is 11.4. The predicted molar refractivity (Wildman–Crippen MR) is 56.4 cm³/mol. The predicted octanol–water partition coefficient (Wildman–Crippen LogP) is 0.535. The Morgan fingerprint density at radius 3 is 2.67 bits per heavy atom. The Balaban J connectivity index is 2.26. The van der Waals surface area contributed by atoms with Crippen molar-refractivity contribution in [1.82, 2.24) is 10.2 Å². The third-order valence-corrected chi connectivity index (χ3v) is 2.50. The first kappa shape index (κ1) is 12.3. The Hall–Kier alpha value is -0.810. The number of aliphatic hydroxyl groups is 1. The summed E-state index contributed by atoms with van der Waals surface area (Å²) in [5, 5.41) is 12.2. The Morgan fingerprint density at radius 2 is 2.20 bits per heavy atom. The van der Waals surface area contributed by atoms with Crippen molar-refractivity contribution in [3.63, 3.8) is 0 Å². The number of aliphatic hydroxyl groups excluding tert-OH is 1. The number of ether oxygens (including phenoxy) is 1. The minimum absolute atomic E-state index is 0.229. The van der Waals surface area contributed by atoms with Crippen molar-refractivity contribution < 1.29 is 14.6 Å². The van der Waals surface area contributed by atoms with Gasteiger partial charge in [-0.05, 0) is 26.7 Å². The standard InChI is InChI=1S/C10H20N2O3/c1-3-15-10(14)12-6-4-9(5-7-12)11-8(2)13/h8-9,11,13H,3-7H2,1-2H3. The molecule has 0 saturated carbocycles. The molecule has 5 nitrogen and oxygen atoms in total. The van der Waals surface area contributed by atoms with E-state index in [1.165, 1.54) is 0 Å². The summed E-state index contributed by atoms with van der Waals surface area (Å²) in [5.41, 5.74) is 0. The van der Waals surface area contributed by atoms with E-state index in [-0.39, 0.29) is 6.09 Å². The van der Waals surface area contributed by atoms with Crippen LogP contribution < -0.4 is 5.32 Å². The second-order valence-corrected chi connectivity index (χ2v) is 3.80. The highest BCUT2D eigenvalue weighted by Crippen LogP contribution is 2.11. The topological polar surface area (TPSA) is 61.8 Å². The molecule has 1 aliphatic rings. The minimum Gasteiger partial charge on any atom is -0.450 e. The van der Waals surface area contributed by atoms with Gasteiger partial charge < -0.3 is 14.7 Å². The number of carbonyl (C=O) groups is 1. The molecule has 0 radical (unpaired) electrons. The lowest BCUT2D eigenvalue weighted by Gasteiger charge is -2.32. The van der Waals surface area contributed by atoms with Crippen LogP contribution in [0, 0.1) is 0 Å².